The van der Waals surface area contributed by atoms with Crippen LogP contribution in [0.1, 0.15) is 226 Å². The Balaban J connectivity index is 2.15. The first-order valence-electron chi connectivity index (χ1n) is 21.0. The summed E-state index contributed by atoms with van der Waals surface area (Å²) in [6, 6.07) is 0. The molecular weight excluding hydrogens is 550 g/mol. The van der Waals surface area contributed by atoms with E-state index in [1.807, 2.05) is 0 Å². The van der Waals surface area contributed by atoms with E-state index in [2.05, 4.69) is 39.8 Å². The van der Waals surface area contributed by atoms with Gasteiger partial charge in [-0.15, -0.1) is 0 Å². The highest BCUT2D eigenvalue weighted by Crippen LogP contribution is 2.37. The van der Waals surface area contributed by atoms with Gasteiger partial charge in [0.05, 0.1) is 12.7 Å². The second-order valence-electron chi connectivity index (χ2n) is 15.5. The third kappa shape index (κ3) is 25.6. The van der Waals surface area contributed by atoms with Crippen molar-refractivity contribution >= 4 is 0 Å². The Morgan fingerprint density at radius 3 is 1.07 bits per heavy atom. The van der Waals surface area contributed by atoms with Gasteiger partial charge in [-0.05, 0) is 32.9 Å². The van der Waals surface area contributed by atoms with Crippen molar-refractivity contribution < 1.29 is 9.47 Å². The minimum atomic E-state index is -0.307. The molecular formula is C42H85NO2. The molecule has 0 N–H and O–H groups in total. The topological polar surface area (TPSA) is 21.7 Å². The van der Waals surface area contributed by atoms with Crippen molar-refractivity contribution in [3.8, 4) is 0 Å². The summed E-state index contributed by atoms with van der Waals surface area (Å²) in [5, 5.41) is 0. The van der Waals surface area contributed by atoms with Crippen molar-refractivity contribution in [2.24, 2.45) is 5.92 Å². The quantitative estimate of drug-likeness (QED) is 0.0647. The van der Waals surface area contributed by atoms with Gasteiger partial charge in [-0.25, -0.2) is 0 Å². The summed E-state index contributed by atoms with van der Waals surface area (Å²) in [5.74, 6) is 0.210. The second-order valence-corrected chi connectivity index (χ2v) is 15.5. The molecule has 0 spiro atoms. The first kappa shape index (κ1) is 42.9. The van der Waals surface area contributed by atoms with Gasteiger partial charge in [-0.2, -0.15) is 0 Å². The molecule has 1 unspecified atom stereocenters. The average Bonchev–Trinajstić information content (AvgIpc) is 3.45. The van der Waals surface area contributed by atoms with E-state index >= 15 is 0 Å². The molecule has 0 aromatic heterocycles. The number of rotatable bonds is 35. The van der Waals surface area contributed by atoms with Crippen LogP contribution in [0.15, 0.2) is 0 Å². The standard InChI is InChI=1S/C42H85NO2/c1-6-8-10-12-14-16-18-20-22-24-26-28-30-32-34-36-42(44-39-41(45-42)40(3)38-43(4)5)37-35-33-31-29-27-25-23-21-19-17-15-13-11-9-7-2/h40-41H,6-39H2,1-5H3/t40?,41-/m1/s1. The van der Waals surface area contributed by atoms with E-state index in [1.54, 1.807) is 0 Å². The van der Waals surface area contributed by atoms with Crippen LogP contribution in [0.5, 0.6) is 0 Å². The first-order chi connectivity index (χ1) is 22.0. The average molecular weight is 636 g/mol. The summed E-state index contributed by atoms with van der Waals surface area (Å²) in [5.41, 5.74) is 0. The molecule has 0 saturated carbocycles. The zero-order valence-corrected chi connectivity index (χ0v) is 32.0. The molecule has 2 atom stereocenters. The summed E-state index contributed by atoms with van der Waals surface area (Å²) < 4.78 is 13.4. The maximum Gasteiger partial charge on any atom is 0.168 e. The zero-order chi connectivity index (χ0) is 32.7. The van der Waals surface area contributed by atoms with Gasteiger partial charge in [0.15, 0.2) is 5.79 Å². The Morgan fingerprint density at radius 1 is 0.489 bits per heavy atom. The number of unbranched alkanes of at least 4 members (excludes halogenated alkanes) is 28. The molecule has 3 heteroatoms. The molecule has 45 heavy (non-hydrogen) atoms. The normalized spacial score (nSPS) is 17.1. The predicted octanol–water partition coefficient (Wildman–Crippen LogP) is 13.8. The molecule has 0 aliphatic carbocycles. The Bertz CT molecular complexity index is 559. The summed E-state index contributed by atoms with van der Waals surface area (Å²) in [7, 11) is 4.34. The van der Waals surface area contributed by atoms with Crippen LogP contribution in [0.25, 0.3) is 0 Å². The molecule has 1 rings (SSSR count). The van der Waals surface area contributed by atoms with E-state index in [-0.39, 0.29) is 11.9 Å². The van der Waals surface area contributed by atoms with Crippen LogP contribution in [0.4, 0.5) is 0 Å². The van der Waals surface area contributed by atoms with E-state index < -0.39 is 0 Å². The fourth-order valence-corrected chi connectivity index (χ4v) is 7.47. The number of nitrogens with zero attached hydrogens (tertiary/aromatic N) is 1. The Morgan fingerprint density at radius 2 is 0.778 bits per heavy atom. The lowest BCUT2D eigenvalue weighted by atomic mass is 9.98. The van der Waals surface area contributed by atoms with Crippen LogP contribution < -0.4 is 0 Å². The van der Waals surface area contributed by atoms with Crippen molar-refractivity contribution in [2.45, 2.75) is 238 Å². The molecule has 0 amide bonds. The summed E-state index contributed by atoms with van der Waals surface area (Å²) in [6.07, 6.45) is 44.9. The zero-order valence-electron chi connectivity index (χ0n) is 32.0. The molecule has 1 heterocycles. The van der Waals surface area contributed by atoms with Gasteiger partial charge in [0.2, 0.25) is 0 Å². The van der Waals surface area contributed by atoms with E-state index in [4.69, 9.17) is 9.47 Å². The van der Waals surface area contributed by atoms with Crippen molar-refractivity contribution in [1.82, 2.24) is 4.90 Å². The van der Waals surface area contributed by atoms with Crippen LogP contribution in [0, 0.1) is 5.92 Å². The number of hydrogen-bond acceptors (Lipinski definition) is 3. The lowest BCUT2D eigenvalue weighted by molar-refractivity contribution is -0.184. The number of ether oxygens (including phenoxy) is 2. The molecule has 3 nitrogen and oxygen atoms in total. The highest BCUT2D eigenvalue weighted by Gasteiger charge is 2.42. The van der Waals surface area contributed by atoms with Crippen LogP contribution >= 0.6 is 0 Å². The molecule has 0 radical (unpaired) electrons. The van der Waals surface area contributed by atoms with Crippen molar-refractivity contribution in [2.75, 3.05) is 27.2 Å². The summed E-state index contributed by atoms with van der Waals surface area (Å²) >= 11 is 0. The van der Waals surface area contributed by atoms with Gasteiger partial charge in [0, 0.05) is 19.4 Å². The van der Waals surface area contributed by atoms with Crippen LogP contribution in [0.2, 0.25) is 0 Å². The fourth-order valence-electron chi connectivity index (χ4n) is 7.47. The van der Waals surface area contributed by atoms with E-state index in [0.717, 1.165) is 26.0 Å². The second kappa shape index (κ2) is 31.2. The van der Waals surface area contributed by atoms with Crippen LogP contribution in [-0.2, 0) is 9.47 Å². The molecule has 270 valence electrons. The fraction of sp³-hybridized carbons (Fsp3) is 1.00. The molecule has 1 saturated heterocycles. The highest BCUT2D eigenvalue weighted by atomic mass is 16.7. The molecule has 0 bridgehead atoms. The molecule has 1 aliphatic heterocycles. The van der Waals surface area contributed by atoms with Crippen molar-refractivity contribution in [1.29, 1.82) is 0 Å². The van der Waals surface area contributed by atoms with Gasteiger partial charge >= 0.3 is 0 Å². The highest BCUT2D eigenvalue weighted by molar-refractivity contribution is 4.83. The first-order valence-corrected chi connectivity index (χ1v) is 21.0. The van der Waals surface area contributed by atoms with Crippen LogP contribution in [-0.4, -0.2) is 44.0 Å². The maximum absolute atomic E-state index is 6.80. The lowest BCUT2D eigenvalue weighted by Crippen LogP contribution is -2.34. The van der Waals surface area contributed by atoms with Crippen molar-refractivity contribution in [3.05, 3.63) is 0 Å². The molecule has 1 aliphatic rings. The number of hydrogen-bond donors (Lipinski definition) is 0. The third-order valence-electron chi connectivity index (χ3n) is 10.5. The Kier molecular flexibility index (Phi) is 29.7. The summed E-state index contributed by atoms with van der Waals surface area (Å²) in [4.78, 5) is 2.29. The van der Waals surface area contributed by atoms with Gasteiger partial charge in [-0.1, -0.05) is 201 Å². The van der Waals surface area contributed by atoms with Gasteiger partial charge in [0.25, 0.3) is 0 Å². The molecule has 0 aromatic carbocycles. The van der Waals surface area contributed by atoms with E-state index in [9.17, 15) is 0 Å². The minimum Gasteiger partial charge on any atom is -0.347 e. The SMILES string of the molecule is CCCCCCCCCCCCCCCCCC1(CCCCCCCCCCCCCCCCC)OC[C@H](C(C)CN(C)C)O1. The van der Waals surface area contributed by atoms with Gasteiger partial charge in [-0.3, -0.25) is 0 Å². The third-order valence-corrected chi connectivity index (χ3v) is 10.5. The smallest absolute Gasteiger partial charge is 0.168 e. The van der Waals surface area contributed by atoms with Gasteiger partial charge < -0.3 is 14.4 Å². The van der Waals surface area contributed by atoms with Gasteiger partial charge in [0.1, 0.15) is 0 Å². The Hall–Kier alpha value is -0.120. The molecule has 1 fully saturated rings. The van der Waals surface area contributed by atoms with E-state index in [1.165, 1.54) is 193 Å². The predicted molar refractivity (Wildman–Crippen MR) is 200 cm³/mol. The lowest BCUT2D eigenvalue weighted by Gasteiger charge is -2.30. The Labute approximate surface area is 285 Å². The minimum absolute atomic E-state index is 0.250. The largest absolute Gasteiger partial charge is 0.347 e. The molecule has 0 aromatic rings. The van der Waals surface area contributed by atoms with Crippen molar-refractivity contribution in [3.63, 3.8) is 0 Å². The maximum atomic E-state index is 6.80. The summed E-state index contributed by atoms with van der Waals surface area (Å²) in [6.45, 7) is 8.81. The van der Waals surface area contributed by atoms with Crippen LogP contribution in [0.3, 0.4) is 0 Å². The van der Waals surface area contributed by atoms with E-state index in [0.29, 0.717) is 5.92 Å². The monoisotopic (exact) mass is 636 g/mol.